The van der Waals surface area contributed by atoms with Crippen LogP contribution in [-0.2, 0) is 17.8 Å². The van der Waals surface area contributed by atoms with Crippen LogP contribution in [0.2, 0.25) is 0 Å². The van der Waals surface area contributed by atoms with E-state index < -0.39 is 11.4 Å². The maximum atomic E-state index is 12.0. The SMILES string of the molecule is CC(C)CCC1(C(=O)O)CCN(Cc2ccc(-c3noc(-c4ccc(CC(C)C)c(I)c4)n3)cc2)CC1. The van der Waals surface area contributed by atoms with E-state index in [9.17, 15) is 9.90 Å². The molecule has 1 N–H and O–H groups in total. The molecule has 0 aliphatic carbocycles. The van der Waals surface area contributed by atoms with E-state index in [2.05, 4.69) is 95.7 Å². The summed E-state index contributed by atoms with van der Waals surface area (Å²) in [5, 5.41) is 14.1. The minimum absolute atomic E-state index is 0.529. The molecule has 1 saturated heterocycles. The summed E-state index contributed by atoms with van der Waals surface area (Å²) in [6.45, 7) is 11.2. The van der Waals surface area contributed by atoms with Gasteiger partial charge in [0.2, 0.25) is 5.82 Å². The monoisotopic (exact) mass is 615 g/mol. The molecule has 4 rings (SSSR count). The van der Waals surface area contributed by atoms with Gasteiger partial charge in [0.05, 0.1) is 5.41 Å². The molecule has 0 saturated carbocycles. The molecular formula is C30H38IN3O3. The fraction of sp³-hybridized carbons (Fsp3) is 0.500. The summed E-state index contributed by atoms with van der Waals surface area (Å²) >= 11 is 2.38. The van der Waals surface area contributed by atoms with Crippen LogP contribution in [0.15, 0.2) is 47.0 Å². The third kappa shape index (κ3) is 6.99. The number of hydrogen-bond acceptors (Lipinski definition) is 5. The molecule has 1 aliphatic heterocycles. The Morgan fingerprint density at radius 3 is 2.32 bits per heavy atom. The van der Waals surface area contributed by atoms with Crippen LogP contribution in [0.4, 0.5) is 0 Å². The second-order valence-electron chi connectivity index (χ2n) is 11.3. The van der Waals surface area contributed by atoms with Crippen molar-refractivity contribution in [2.24, 2.45) is 17.3 Å². The normalized spacial score (nSPS) is 16.0. The van der Waals surface area contributed by atoms with Gasteiger partial charge in [-0.2, -0.15) is 4.98 Å². The first-order valence-corrected chi connectivity index (χ1v) is 14.4. The minimum Gasteiger partial charge on any atom is -0.481 e. The van der Waals surface area contributed by atoms with Gasteiger partial charge in [-0.1, -0.05) is 63.2 Å². The van der Waals surface area contributed by atoms with Crippen molar-refractivity contribution in [3.05, 3.63) is 57.2 Å². The number of aliphatic carboxylic acids is 1. The van der Waals surface area contributed by atoms with Gasteiger partial charge in [-0.3, -0.25) is 9.69 Å². The molecule has 0 amide bonds. The van der Waals surface area contributed by atoms with Crippen molar-refractivity contribution in [3.63, 3.8) is 0 Å². The van der Waals surface area contributed by atoms with Gasteiger partial charge in [0.1, 0.15) is 0 Å². The van der Waals surface area contributed by atoms with Gasteiger partial charge in [-0.15, -0.1) is 0 Å². The lowest BCUT2D eigenvalue weighted by molar-refractivity contribution is -0.153. The average Bonchev–Trinajstić information content (AvgIpc) is 3.35. The van der Waals surface area contributed by atoms with E-state index in [-0.39, 0.29) is 0 Å². The quantitative estimate of drug-likeness (QED) is 0.241. The molecule has 7 heteroatoms. The standard InChI is InChI=1S/C30H38IN3O3/c1-20(2)11-12-30(29(35)36)13-15-34(16-14-30)19-22-5-7-23(8-6-22)27-32-28(37-33-27)25-10-9-24(17-21(3)4)26(31)18-25/h5-10,18,20-21H,11-17,19H2,1-4H3,(H,35,36). The van der Waals surface area contributed by atoms with Crippen molar-refractivity contribution in [2.75, 3.05) is 13.1 Å². The minimum atomic E-state index is -0.627. The number of piperidine rings is 1. The first-order chi connectivity index (χ1) is 17.6. The predicted octanol–water partition coefficient (Wildman–Crippen LogP) is 7.31. The summed E-state index contributed by atoms with van der Waals surface area (Å²) in [5.41, 5.74) is 3.83. The Labute approximate surface area is 234 Å². The van der Waals surface area contributed by atoms with E-state index in [1.807, 2.05) is 12.1 Å². The molecule has 0 atom stereocenters. The molecule has 1 aromatic heterocycles. The third-order valence-corrected chi connectivity index (χ3v) is 8.44. The first-order valence-electron chi connectivity index (χ1n) is 13.3. The number of halogens is 1. The Hall–Kier alpha value is -2.26. The van der Waals surface area contributed by atoms with E-state index in [4.69, 9.17) is 4.52 Å². The smallest absolute Gasteiger partial charge is 0.309 e. The van der Waals surface area contributed by atoms with E-state index in [0.29, 0.717) is 23.6 Å². The molecule has 0 unspecified atom stereocenters. The fourth-order valence-electron chi connectivity index (χ4n) is 5.04. The van der Waals surface area contributed by atoms with Gasteiger partial charge in [0, 0.05) is 21.2 Å². The van der Waals surface area contributed by atoms with E-state index in [1.54, 1.807) is 0 Å². The molecule has 2 aromatic carbocycles. The van der Waals surface area contributed by atoms with Crippen molar-refractivity contribution in [3.8, 4) is 22.8 Å². The molecule has 0 spiro atoms. The van der Waals surface area contributed by atoms with E-state index in [0.717, 1.165) is 62.9 Å². The van der Waals surface area contributed by atoms with E-state index in [1.165, 1.54) is 14.7 Å². The number of benzene rings is 2. The van der Waals surface area contributed by atoms with Crippen LogP contribution in [0.5, 0.6) is 0 Å². The topological polar surface area (TPSA) is 79.5 Å². The second kappa shape index (κ2) is 12.1. The molecule has 1 aliphatic rings. The van der Waals surface area contributed by atoms with Gasteiger partial charge in [0.25, 0.3) is 5.89 Å². The molecule has 0 radical (unpaired) electrons. The summed E-state index contributed by atoms with van der Waals surface area (Å²) in [5.74, 6) is 1.62. The maximum Gasteiger partial charge on any atom is 0.309 e. The van der Waals surface area contributed by atoms with Crippen LogP contribution in [-0.4, -0.2) is 39.2 Å². The lowest BCUT2D eigenvalue weighted by Gasteiger charge is -2.39. The number of likely N-dealkylation sites (tertiary alicyclic amines) is 1. The van der Waals surface area contributed by atoms with Crippen molar-refractivity contribution in [2.45, 2.75) is 66.3 Å². The number of rotatable bonds is 10. The number of carboxylic acid groups (broad SMARTS) is 1. The summed E-state index contributed by atoms with van der Waals surface area (Å²) in [7, 11) is 0. The maximum absolute atomic E-state index is 12.0. The Morgan fingerprint density at radius 1 is 1.05 bits per heavy atom. The van der Waals surface area contributed by atoms with Crippen molar-refractivity contribution >= 4 is 28.6 Å². The zero-order valence-corrected chi connectivity index (χ0v) is 24.5. The van der Waals surface area contributed by atoms with Crippen LogP contribution < -0.4 is 0 Å². The lowest BCUT2D eigenvalue weighted by atomic mass is 9.73. The van der Waals surface area contributed by atoms with Gasteiger partial charge in [-0.05, 0) is 103 Å². The molecule has 1 fully saturated rings. The highest BCUT2D eigenvalue weighted by Gasteiger charge is 2.41. The molecule has 0 bridgehead atoms. The summed E-state index contributed by atoms with van der Waals surface area (Å²) < 4.78 is 6.80. The molecule has 2 heterocycles. The van der Waals surface area contributed by atoms with Crippen LogP contribution in [0, 0.1) is 20.8 Å². The third-order valence-electron chi connectivity index (χ3n) is 7.44. The predicted molar refractivity (Wildman–Crippen MR) is 155 cm³/mol. The summed E-state index contributed by atoms with van der Waals surface area (Å²) in [4.78, 5) is 19.1. The van der Waals surface area contributed by atoms with Gasteiger partial charge >= 0.3 is 5.97 Å². The van der Waals surface area contributed by atoms with Crippen LogP contribution in [0.25, 0.3) is 22.8 Å². The Kier molecular flexibility index (Phi) is 9.06. The van der Waals surface area contributed by atoms with E-state index >= 15 is 0 Å². The lowest BCUT2D eigenvalue weighted by Crippen LogP contribution is -2.44. The zero-order chi connectivity index (χ0) is 26.6. The van der Waals surface area contributed by atoms with Crippen LogP contribution in [0.3, 0.4) is 0 Å². The van der Waals surface area contributed by atoms with Gasteiger partial charge in [0.15, 0.2) is 0 Å². The second-order valence-corrected chi connectivity index (χ2v) is 12.5. The number of hydrogen-bond donors (Lipinski definition) is 1. The zero-order valence-electron chi connectivity index (χ0n) is 22.3. The molecule has 198 valence electrons. The number of carboxylic acids is 1. The summed E-state index contributed by atoms with van der Waals surface area (Å²) in [6, 6.07) is 14.6. The van der Waals surface area contributed by atoms with Crippen molar-refractivity contribution in [1.82, 2.24) is 15.0 Å². The largest absolute Gasteiger partial charge is 0.481 e. The highest BCUT2D eigenvalue weighted by Crippen LogP contribution is 2.38. The van der Waals surface area contributed by atoms with Crippen molar-refractivity contribution in [1.29, 1.82) is 0 Å². The number of aromatic nitrogens is 2. The summed E-state index contributed by atoms with van der Waals surface area (Å²) in [6.07, 6.45) is 4.23. The highest BCUT2D eigenvalue weighted by molar-refractivity contribution is 14.1. The number of carbonyl (C=O) groups is 1. The highest BCUT2D eigenvalue weighted by atomic mass is 127. The van der Waals surface area contributed by atoms with Gasteiger partial charge in [-0.25, -0.2) is 0 Å². The molecule has 37 heavy (non-hydrogen) atoms. The Bertz CT molecular complexity index is 1200. The van der Waals surface area contributed by atoms with Gasteiger partial charge < -0.3 is 9.63 Å². The first kappa shape index (κ1) is 27.8. The average molecular weight is 616 g/mol. The Morgan fingerprint density at radius 2 is 1.73 bits per heavy atom. The van der Waals surface area contributed by atoms with Crippen LogP contribution in [0.1, 0.15) is 64.5 Å². The fourth-order valence-corrected chi connectivity index (χ4v) is 5.77. The molecule has 6 nitrogen and oxygen atoms in total. The molecular weight excluding hydrogens is 577 g/mol. The van der Waals surface area contributed by atoms with Crippen molar-refractivity contribution < 1.29 is 14.4 Å². The Balaban J connectivity index is 1.37. The number of nitrogens with zero attached hydrogens (tertiary/aromatic N) is 3. The molecule has 3 aromatic rings. The van der Waals surface area contributed by atoms with Crippen LogP contribution >= 0.6 is 22.6 Å².